The molecule has 1 heterocycles. The van der Waals surface area contributed by atoms with Gasteiger partial charge >= 0.3 is 0 Å². The van der Waals surface area contributed by atoms with E-state index < -0.39 is 10.0 Å². The van der Waals surface area contributed by atoms with E-state index in [0.29, 0.717) is 27.9 Å². The first-order valence-electron chi connectivity index (χ1n) is 9.82. The van der Waals surface area contributed by atoms with Crippen LogP contribution >= 0.6 is 11.3 Å². The van der Waals surface area contributed by atoms with Gasteiger partial charge in [0.1, 0.15) is 11.5 Å². The van der Waals surface area contributed by atoms with Crippen molar-refractivity contribution in [2.75, 3.05) is 26.1 Å². The highest BCUT2D eigenvalue weighted by atomic mass is 32.2. The molecule has 33 heavy (non-hydrogen) atoms. The number of thiazole rings is 1. The third-order valence-electron chi connectivity index (χ3n) is 4.65. The molecule has 3 aromatic rings. The maximum Gasteiger partial charge on any atom is 0.240 e. The zero-order valence-corrected chi connectivity index (χ0v) is 19.9. The zero-order chi connectivity index (χ0) is 24.0. The molecule has 0 unspecified atom stereocenters. The van der Waals surface area contributed by atoms with E-state index in [1.807, 2.05) is 0 Å². The van der Waals surface area contributed by atoms with Crippen molar-refractivity contribution >= 4 is 38.2 Å². The van der Waals surface area contributed by atoms with Crippen LogP contribution in [-0.4, -0.2) is 45.9 Å². The van der Waals surface area contributed by atoms with E-state index in [2.05, 4.69) is 15.0 Å². The minimum absolute atomic E-state index is 0.0182. The quantitative estimate of drug-likeness (QED) is 0.419. The first-order chi connectivity index (χ1) is 15.7. The molecule has 0 saturated carbocycles. The second-order valence-corrected chi connectivity index (χ2v) is 9.51. The van der Waals surface area contributed by atoms with Gasteiger partial charge in [0, 0.05) is 29.5 Å². The Bertz CT molecular complexity index is 1250. The van der Waals surface area contributed by atoms with Crippen LogP contribution in [0, 0.1) is 0 Å². The smallest absolute Gasteiger partial charge is 0.240 e. The number of nitrogens with one attached hydrogen (secondary N) is 2. The van der Waals surface area contributed by atoms with E-state index in [9.17, 15) is 18.0 Å². The molecule has 0 aliphatic heterocycles. The van der Waals surface area contributed by atoms with Gasteiger partial charge in [-0.05, 0) is 37.3 Å². The van der Waals surface area contributed by atoms with Crippen molar-refractivity contribution in [2.45, 2.75) is 18.2 Å². The molecule has 11 heteroatoms. The van der Waals surface area contributed by atoms with Crippen LogP contribution in [0.25, 0.3) is 11.3 Å². The van der Waals surface area contributed by atoms with E-state index in [1.54, 1.807) is 37.8 Å². The molecule has 2 N–H and O–H groups in total. The summed E-state index contributed by atoms with van der Waals surface area (Å²) in [7, 11) is -0.680. The average Bonchev–Trinajstić information content (AvgIpc) is 3.26. The third-order valence-corrected chi connectivity index (χ3v) is 6.88. The lowest BCUT2D eigenvalue weighted by atomic mass is 10.1. The fraction of sp³-hybridized carbons (Fsp3) is 0.227. The standard InChI is InChI=1S/C22H23N3O6S2/c1-14(26)15-4-7-17(8-5-15)33(28,29)23-11-10-21(27)25-22-24-19(13-32-22)18-12-16(30-2)6-9-20(18)31-3/h4-9,12-13,23H,10-11H2,1-3H3,(H,24,25,27). The molecule has 0 saturated heterocycles. The Balaban J connectivity index is 1.58. The van der Waals surface area contributed by atoms with E-state index in [1.165, 1.54) is 42.5 Å². The zero-order valence-electron chi connectivity index (χ0n) is 18.2. The molecule has 0 atom stereocenters. The number of aromatic nitrogens is 1. The van der Waals surface area contributed by atoms with Crippen molar-refractivity contribution in [3.63, 3.8) is 0 Å². The lowest BCUT2D eigenvalue weighted by Crippen LogP contribution is -2.27. The van der Waals surface area contributed by atoms with Gasteiger partial charge in [0.2, 0.25) is 15.9 Å². The van der Waals surface area contributed by atoms with Gasteiger partial charge in [-0.15, -0.1) is 11.3 Å². The Labute approximate surface area is 195 Å². The highest BCUT2D eigenvalue weighted by Crippen LogP contribution is 2.35. The van der Waals surface area contributed by atoms with Crippen molar-refractivity contribution in [3.05, 3.63) is 53.4 Å². The lowest BCUT2D eigenvalue weighted by Gasteiger charge is -2.08. The number of methoxy groups -OCH3 is 2. The lowest BCUT2D eigenvalue weighted by molar-refractivity contribution is -0.116. The fourth-order valence-corrected chi connectivity index (χ4v) is 4.66. The van der Waals surface area contributed by atoms with Gasteiger partial charge in [0.25, 0.3) is 0 Å². The summed E-state index contributed by atoms with van der Waals surface area (Å²) in [6, 6.07) is 10.9. The predicted octanol–water partition coefficient (Wildman–Crippen LogP) is 3.34. The second kappa shape index (κ2) is 10.6. The van der Waals surface area contributed by atoms with Crippen LogP contribution < -0.4 is 19.5 Å². The fourth-order valence-electron chi connectivity index (χ4n) is 2.90. The van der Waals surface area contributed by atoms with Crippen LogP contribution in [0.1, 0.15) is 23.7 Å². The maximum atomic E-state index is 12.4. The average molecular weight is 490 g/mol. The molecule has 0 spiro atoms. The molecule has 0 aliphatic carbocycles. The number of hydrogen-bond donors (Lipinski definition) is 2. The highest BCUT2D eigenvalue weighted by molar-refractivity contribution is 7.89. The Kier molecular flexibility index (Phi) is 7.79. The first-order valence-corrected chi connectivity index (χ1v) is 12.2. The molecule has 174 valence electrons. The number of Topliss-reactive ketones (excluding diaryl/α,β-unsaturated/α-hetero) is 1. The number of sulfonamides is 1. The number of nitrogens with zero attached hydrogens (tertiary/aromatic N) is 1. The maximum absolute atomic E-state index is 12.4. The number of benzene rings is 2. The molecule has 3 rings (SSSR count). The number of anilines is 1. The summed E-state index contributed by atoms with van der Waals surface area (Å²) in [6.45, 7) is 1.31. The van der Waals surface area contributed by atoms with Gasteiger partial charge in [0.15, 0.2) is 10.9 Å². The van der Waals surface area contributed by atoms with Gasteiger partial charge in [-0.3, -0.25) is 9.59 Å². The van der Waals surface area contributed by atoms with E-state index in [4.69, 9.17) is 9.47 Å². The molecule has 1 aromatic heterocycles. The van der Waals surface area contributed by atoms with E-state index in [0.717, 1.165) is 5.56 Å². The van der Waals surface area contributed by atoms with Crippen LogP contribution in [0.5, 0.6) is 11.5 Å². The SMILES string of the molecule is COc1ccc(OC)c(-c2csc(NC(=O)CCNS(=O)(=O)c3ccc(C(C)=O)cc3)n2)c1. The Morgan fingerprint density at radius 2 is 1.79 bits per heavy atom. The summed E-state index contributed by atoms with van der Waals surface area (Å²) in [5.41, 5.74) is 1.75. The summed E-state index contributed by atoms with van der Waals surface area (Å²) in [6.07, 6.45) is -0.0812. The summed E-state index contributed by atoms with van der Waals surface area (Å²) in [5.74, 6) is 0.722. The van der Waals surface area contributed by atoms with Crippen molar-refractivity contribution in [1.29, 1.82) is 0 Å². The molecule has 0 fully saturated rings. The van der Waals surface area contributed by atoms with Crippen LogP contribution in [0.4, 0.5) is 5.13 Å². The van der Waals surface area contributed by atoms with E-state index in [-0.39, 0.29) is 29.6 Å². The van der Waals surface area contributed by atoms with Crippen molar-refractivity contribution in [3.8, 4) is 22.8 Å². The first kappa shape index (κ1) is 24.4. The molecule has 0 bridgehead atoms. The molecular formula is C22H23N3O6S2. The summed E-state index contributed by atoms with van der Waals surface area (Å²) >= 11 is 1.24. The number of ketones is 1. The van der Waals surface area contributed by atoms with E-state index >= 15 is 0 Å². The molecule has 2 aromatic carbocycles. The highest BCUT2D eigenvalue weighted by Gasteiger charge is 2.16. The molecule has 1 amide bonds. The third kappa shape index (κ3) is 6.15. The molecular weight excluding hydrogens is 466 g/mol. The molecule has 0 radical (unpaired) electrons. The van der Waals surface area contributed by atoms with Crippen LogP contribution in [0.3, 0.4) is 0 Å². The van der Waals surface area contributed by atoms with Crippen LogP contribution in [-0.2, 0) is 14.8 Å². The number of hydrogen-bond acceptors (Lipinski definition) is 8. The summed E-state index contributed by atoms with van der Waals surface area (Å²) in [5, 5.41) is 4.82. The van der Waals surface area contributed by atoms with Crippen molar-refractivity contribution in [2.24, 2.45) is 0 Å². The minimum Gasteiger partial charge on any atom is -0.497 e. The number of ether oxygens (including phenoxy) is 2. The largest absolute Gasteiger partial charge is 0.497 e. The Morgan fingerprint density at radius 1 is 1.06 bits per heavy atom. The number of amides is 1. The Hall–Kier alpha value is -3.28. The van der Waals surface area contributed by atoms with Gasteiger partial charge in [-0.2, -0.15) is 0 Å². The normalized spacial score (nSPS) is 11.1. The number of carbonyl (C=O) groups is 2. The van der Waals surface area contributed by atoms with Gasteiger partial charge in [0.05, 0.1) is 24.8 Å². The van der Waals surface area contributed by atoms with Crippen molar-refractivity contribution in [1.82, 2.24) is 9.71 Å². The summed E-state index contributed by atoms with van der Waals surface area (Å²) < 4.78 is 37.7. The van der Waals surface area contributed by atoms with Gasteiger partial charge in [-0.25, -0.2) is 18.1 Å². The summed E-state index contributed by atoms with van der Waals surface area (Å²) in [4.78, 5) is 28.0. The van der Waals surface area contributed by atoms with Gasteiger partial charge < -0.3 is 14.8 Å². The Morgan fingerprint density at radius 3 is 2.42 bits per heavy atom. The molecule has 0 aliphatic rings. The van der Waals surface area contributed by atoms with Gasteiger partial charge in [-0.1, -0.05) is 12.1 Å². The van der Waals surface area contributed by atoms with Crippen LogP contribution in [0.15, 0.2) is 52.7 Å². The minimum atomic E-state index is -3.80. The topological polar surface area (TPSA) is 124 Å². The van der Waals surface area contributed by atoms with Crippen LogP contribution in [0.2, 0.25) is 0 Å². The monoisotopic (exact) mass is 489 g/mol. The predicted molar refractivity (Wildman–Crippen MR) is 126 cm³/mol. The number of carbonyl (C=O) groups excluding carboxylic acids is 2. The van der Waals surface area contributed by atoms with Crippen molar-refractivity contribution < 1.29 is 27.5 Å². The number of rotatable bonds is 10. The second-order valence-electron chi connectivity index (χ2n) is 6.88. The molecule has 9 nitrogen and oxygen atoms in total.